The van der Waals surface area contributed by atoms with Crippen molar-refractivity contribution in [2.24, 2.45) is 5.41 Å². The van der Waals surface area contributed by atoms with Gasteiger partial charge in [0.15, 0.2) is 5.79 Å². The maximum Gasteiger partial charge on any atom is 0.162 e. The van der Waals surface area contributed by atoms with Crippen LogP contribution >= 0.6 is 7.92 Å². The Balaban J connectivity index is 2.01. The van der Waals surface area contributed by atoms with Gasteiger partial charge >= 0.3 is 0 Å². The van der Waals surface area contributed by atoms with Crippen molar-refractivity contribution in [1.82, 2.24) is 0 Å². The molecule has 0 aromatic heterocycles. The number of hydrogen-bond acceptors (Lipinski definition) is 4. The van der Waals surface area contributed by atoms with E-state index in [0.717, 1.165) is 17.7 Å². The zero-order chi connectivity index (χ0) is 19.5. The smallest absolute Gasteiger partial charge is 0.162 e. The highest BCUT2D eigenvalue weighted by Gasteiger charge is 2.39. The summed E-state index contributed by atoms with van der Waals surface area (Å²) >= 11 is 0. The van der Waals surface area contributed by atoms with Gasteiger partial charge in [0.05, 0.1) is 27.4 Å². The van der Waals surface area contributed by atoms with Crippen molar-refractivity contribution < 1.29 is 18.9 Å². The van der Waals surface area contributed by atoms with Crippen molar-refractivity contribution in [1.29, 1.82) is 0 Å². The highest BCUT2D eigenvalue weighted by atomic mass is 31.1. The van der Waals surface area contributed by atoms with E-state index in [1.165, 1.54) is 10.6 Å². The molecule has 0 spiro atoms. The Hall–Kier alpha value is -1.61. The Kier molecular flexibility index (Phi) is 6.10. The molecule has 0 saturated carbocycles. The topological polar surface area (TPSA) is 36.9 Å². The minimum absolute atomic E-state index is 0.330. The standard InChI is InChI=1S/C22H28O4P/c1-21(2)25-14-22(3,15-26-21)16-27(19-12-8-6-10-17(19)23-4)20-13-9-7-11-18(20)24-5/h6-13H,3,14-16H2,1-2,4-5H3. The van der Waals surface area contributed by atoms with Gasteiger partial charge in [-0.05, 0) is 47.0 Å². The molecule has 27 heavy (non-hydrogen) atoms. The first kappa shape index (κ1) is 20.1. The fourth-order valence-electron chi connectivity index (χ4n) is 3.17. The van der Waals surface area contributed by atoms with Crippen LogP contribution < -0.4 is 20.1 Å². The van der Waals surface area contributed by atoms with Gasteiger partial charge in [-0.1, -0.05) is 36.4 Å². The summed E-state index contributed by atoms with van der Waals surface area (Å²) in [7, 11) is 2.65. The van der Waals surface area contributed by atoms with Crippen LogP contribution in [0.3, 0.4) is 0 Å². The van der Waals surface area contributed by atoms with Crippen molar-refractivity contribution in [2.75, 3.05) is 33.6 Å². The van der Waals surface area contributed by atoms with Gasteiger partial charge in [0.25, 0.3) is 0 Å². The maximum atomic E-state index is 5.93. The molecule has 1 aliphatic heterocycles. The Morgan fingerprint density at radius 3 is 1.78 bits per heavy atom. The Morgan fingerprint density at radius 1 is 0.889 bits per heavy atom. The molecule has 0 unspecified atom stereocenters. The summed E-state index contributed by atoms with van der Waals surface area (Å²) in [5.74, 6) is 1.21. The molecule has 0 N–H and O–H groups in total. The minimum Gasteiger partial charge on any atom is -0.496 e. The number of benzene rings is 2. The fraction of sp³-hybridized carbons (Fsp3) is 0.409. The summed E-state index contributed by atoms with van der Waals surface area (Å²) in [6, 6.07) is 16.4. The summed E-state index contributed by atoms with van der Waals surface area (Å²) in [4.78, 5) is 0. The average molecular weight is 387 g/mol. The third-order valence-corrected chi connectivity index (χ3v) is 7.59. The van der Waals surface area contributed by atoms with Crippen LogP contribution in [0.1, 0.15) is 13.8 Å². The van der Waals surface area contributed by atoms with Crippen molar-refractivity contribution in [3.05, 3.63) is 55.5 Å². The second kappa shape index (κ2) is 8.18. The van der Waals surface area contributed by atoms with E-state index < -0.39 is 13.7 Å². The summed E-state index contributed by atoms with van der Waals surface area (Å²) in [6.07, 6.45) is 0.819. The van der Waals surface area contributed by atoms with Crippen molar-refractivity contribution in [3.63, 3.8) is 0 Å². The highest BCUT2D eigenvalue weighted by Crippen LogP contribution is 2.46. The molecule has 1 aliphatic rings. The first-order valence-corrected chi connectivity index (χ1v) is 10.6. The molecule has 0 atom stereocenters. The molecule has 0 bridgehead atoms. The molecule has 4 nitrogen and oxygen atoms in total. The fourth-order valence-corrected chi connectivity index (χ4v) is 6.02. The predicted octanol–water partition coefficient (Wildman–Crippen LogP) is 3.74. The highest BCUT2D eigenvalue weighted by molar-refractivity contribution is 7.73. The van der Waals surface area contributed by atoms with Crippen LogP contribution in [0.5, 0.6) is 11.5 Å². The number of methoxy groups -OCH3 is 2. The van der Waals surface area contributed by atoms with E-state index in [1.54, 1.807) is 14.2 Å². The molecular weight excluding hydrogens is 359 g/mol. The molecule has 1 heterocycles. The Bertz CT molecular complexity index is 717. The van der Waals surface area contributed by atoms with Crippen LogP contribution in [0.25, 0.3) is 0 Å². The summed E-state index contributed by atoms with van der Waals surface area (Å²) in [6.45, 7) is 9.48. The third kappa shape index (κ3) is 4.63. The van der Waals surface area contributed by atoms with Crippen LogP contribution in [0, 0.1) is 12.3 Å². The Labute approximate surface area is 163 Å². The Morgan fingerprint density at radius 2 is 1.33 bits per heavy atom. The minimum atomic E-state index is -0.779. The SMILES string of the molecule is [CH2]C1(CP(c2ccccc2OC)c2ccccc2OC)COC(C)(C)OC1. The molecule has 1 fully saturated rings. The van der Waals surface area contributed by atoms with Crippen LogP contribution in [0.4, 0.5) is 0 Å². The van der Waals surface area contributed by atoms with E-state index in [4.69, 9.17) is 18.9 Å². The van der Waals surface area contributed by atoms with Crippen molar-refractivity contribution in [2.45, 2.75) is 19.6 Å². The molecule has 3 rings (SSSR count). The summed E-state index contributed by atoms with van der Waals surface area (Å²) in [5.41, 5.74) is -0.330. The van der Waals surface area contributed by atoms with Gasteiger partial charge in [-0.3, -0.25) is 0 Å². The van der Waals surface area contributed by atoms with Crippen LogP contribution in [0.2, 0.25) is 0 Å². The van der Waals surface area contributed by atoms with E-state index in [2.05, 4.69) is 31.2 Å². The molecular formula is C22H28O4P. The lowest BCUT2D eigenvalue weighted by Gasteiger charge is -2.43. The zero-order valence-electron chi connectivity index (χ0n) is 16.5. The van der Waals surface area contributed by atoms with Gasteiger partial charge in [-0.2, -0.15) is 0 Å². The van der Waals surface area contributed by atoms with Gasteiger partial charge in [0, 0.05) is 16.0 Å². The molecule has 1 radical (unpaired) electrons. The number of ether oxygens (including phenoxy) is 4. The van der Waals surface area contributed by atoms with E-state index in [9.17, 15) is 0 Å². The second-order valence-corrected chi connectivity index (χ2v) is 9.54. The molecule has 0 aliphatic carbocycles. The summed E-state index contributed by atoms with van der Waals surface area (Å²) in [5, 5.41) is 2.35. The van der Waals surface area contributed by atoms with Crippen LogP contribution in [-0.2, 0) is 9.47 Å². The largest absolute Gasteiger partial charge is 0.496 e. The lowest BCUT2D eigenvalue weighted by atomic mass is 9.94. The van der Waals surface area contributed by atoms with Gasteiger partial charge in [0.1, 0.15) is 11.5 Å². The molecule has 1 saturated heterocycles. The van der Waals surface area contributed by atoms with Crippen molar-refractivity contribution >= 4 is 18.5 Å². The van der Waals surface area contributed by atoms with Gasteiger partial charge < -0.3 is 18.9 Å². The molecule has 2 aromatic rings. The van der Waals surface area contributed by atoms with Gasteiger partial charge in [0.2, 0.25) is 0 Å². The number of hydrogen-bond donors (Lipinski definition) is 0. The average Bonchev–Trinajstić information content (AvgIpc) is 2.69. The lowest BCUT2D eigenvalue weighted by Crippen LogP contribution is -2.47. The maximum absolute atomic E-state index is 5.93. The van der Waals surface area contributed by atoms with E-state index in [-0.39, 0.29) is 5.41 Å². The zero-order valence-corrected chi connectivity index (χ0v) is 17.4. The number of rotatable bonds is 6. The monoisotopic (exact) mass is 387 g/mol. The molecule has 5 heteroatoms. The van der Waals surface area contributed by atoms with E-state index in [0.29, 0.717) is 13.2 Å². The molecule has 2 aromatic carbocycles. The normalized spacial score (nSPS) is 18.3. The summed E-state index contributed by atoms with van der Waals surface area (Å²) < 4.78 is 23.2. The predicted molar refractivity (Wildman–Crippen MR) is 111 cm³/mol. The second-order valence-electron chi connectivity index (χ2n) is 7.41. The number of para-hydroxylation sites is 2. The first-order chi connectivity index (χ1) is 12.9. The quantitative estimate of drug-likeness (QED) is 0.708. The molecule has 145 valence electrons. The van der Waals surface area contributed by atoms with Crippen LogP contribution in [-0.4, -0.2) is 39.4 Å². The van der Waals surface area contributed by atoms with Gasteiger partial charge in [-0.15, -0.1) is 0 Å². The first-order valence-electron chi connectivity index (χ1n) is 9.04. The lowest BCUT2D eigenvalue weighted by molar-refractivity contribution is -0.273. The van der Waals surface area contributed by atoms with Crippen LogP contribution in [0.15, 0.2) is 48.5 Å². The third-order valence-electron chi connectivity index (χ3n) is 4.70. The van der Waals surface area contributed by atoms with Gasteiger partial charge in [-0.25, -0.2) is 0 Å². The van der Waals surface area contributed by atoms with Crippen molar-refractivity contribution in [3.8, 4) is 11.5 Å². The van der Waals surface area contributed by atoms with E-state index in [1.807, 2.05) is 38.1 Å². The van der Waals surface area contributed by atoms with E-state index >= 15 is 0 Å². The molecule has 0 amide bonds.